The first-order valence-corrected chi connectivity index (χ1v) is 12.8. The molecule has 0 N–H and O–H groups in total. The van der Waals surface area contributed by atoms with E-state index in [1.54, 1.807) is 22.3 Å². The van der Waals surface area contributed by atoms with Crippen molar-refractivity contribution in [3.05, 3.63) is 76.9 Å². The van der Waals surface area contributed by atoms with E-state index in [0.717, 1.165) is 12.8 Å². The highest BCUT2D eigenvalue weighted by Crippen LogP contribution is 2.40. The van der Waals surface area contributed by atoms with Crippen LogP contribution in [0.25, 0.3) is 10.8 Å². The Bertz CT molecular complexity index is 935. The summed E-state index contributed by atoms with van der Waals surface area (Å²) >= 11 is 5.03. The molecule has 0 unspecified atom stereocenters. The van der Waals surface area contributed by atoms with Crippen molar-refractivity contribution in [2.24, 2.45) is 0 Å². The Kier molecular flexibility index (Phi) is 6.66. The highest BCUT2D eigenvalue weighted by molar-refractivity contribution is 14.1. The van der Waals surface area contributed by atoms with Gasteiger partial charge in [0.15, 0.2) is 0 Å². The fourth-order valence-corrected chi connectivity index (χ4v) is 5.66. The summed E-state index contributed by atoms with van der Waals surface area (Å²) in [5, 5.41) is 3.06. The van der Waals surface area contributed by atoms with E-state index in [4.69, 9.17) is 0 Å². The third kappa shape index (κ3) is 3.88. The lowest BCUT2D eigenvalue weighted by atomic mass is 9.77. The maximum Gasteiger partial charge on any atom is 0.0270 e. The number of fused-ring (bicyclic) bond motifs is 3. The molecule has 146 valence electrons. The molecule has 2 heteroatoms. The summed E-state index contributed by atoms with van der Waals surface area (Å²) in [6.07, 6.45) is 9.72. The molecule has 0 radical (unpaired) electrons. The highest BCUT2D eigenvalue weighted by atomic mass is 127. The Morgan fingerprint density at radius 1 is 0.714 bits per heavy atom. The van der Waals surface area contributed by atoms with Crippen LogP contribution < -0.4 is 0 Å². The van der Waals surface area contributed by atoms with Crippen molar-refractivity contribution in [3.63, 3.8) is 0 Å². The molecule has 1 aliphatic rings. The predicted octanol–water partition coefficient (Wildman–Crippen LogP) is 8.23. The molecular formula is C26H28I2. The molecule has 0 bridgehead atoms. The highest BCUT2D eigenvalue weighted by Gasteiger charge is 2.24. The van der Waals surface area contributed by atoms with E-state index in [1.807, 2.05) is 0 Å². The minimum absolute atomic E-state index is 1.11. The number of rotatable bonds is 6. The molecule has 0 aromatic heterocycles. The average molecular weight is 594 g/mol. The van der Waals surface area contributed by atoms with Crippen molar-refractivity contribution in [1.82, 2.24) is 0 Å². The van der Waals surface area contributed by atoms with Crippen LogP contribution in [0.5, 0.6) is 0 Å². The normalized spacial score (nSPS) is 12.9. The van der Waals surface area contributed by atoms with Gasteiger partial charge in [0, 0.05) is 7.14 Å². The zero-order valence-corrected chi connectivity index (χ0v) is 21.2. The average Bonchev–Trinajstić information content (AvgIpc) is 2.70. The first-order chi connectivity index (χ1) is 13.6. The van der Waals surface area contributed by atoms with Gasteiger partial charge in [-0.1, -0.05) is 51.0 Å². The fraction of sp³-hybridized carbons (Fsp3) is 0.385. The molecule has 3 aromatic rings. The minimum Gasteiger partial charge on any atom is -0.0654 e. The van der Waals surface area contributed by atoms with Crippen LogP contribution in [0.1, 0.15) is 72.9 Å². The summed E-state index contributed by atoms with van der Waals surface area (Å²) in [5.74, 6) is 0. The molecule has 1 aliphatic carbocycles. The second-order valence-electron chi connectivity index (χ2n) is 8.06. The maximum atomic E-state index is 2.52. The van der Waals surface area contributed by atoms with Crippen LogP contribution >= 0.6 is 45.2 Å². The zero-order chi connectivity index (χ0) is 19.7. The van der Waals surface area contributed by atoms with Gasteiger partial charge in [-0.05, 0) is 140 Å². The van der Waals surface area contributed by atoms with Gasteiger partial charge in [-0.3, -0.25) is 0 Å². The zero-order valence-electron chi connectivity index (χ0n) is 16.9. The summed E-state index contributed by atoms with van der Waals surface area (Å²) in [4.78, 5) is 0. The van der Waals surface area contributed by atoms with Crippen LogP contribution in [0.4, 0.5) is 0 Å². The van der Waals surface area contributed by atoms with E-state index >= 15 is 0 Å². The van der Waals surface area contributed by atoms with Crippen molar-refractivity contribution in [3.8, 4) is 0 Å². The van der Waals surface area contributed by atoms with Crippen LogP contribution in [-0.2, 0) is 25.7 Å². The summed E-state index contributed by atoms with van der Waals surface area (Å²) in [5.41, 5.74) is 9.65. The number of hydrogen-bond donors (Lipinski definition) is 0. The van der Waals surface area contributed by atoms with Crippen molar-refractivity contribution in [1.29, 1.82) is 0 Å². The Hall–Kier alpha value is -0.620. The number of unbranched alkanes of at least 4 members (excludes halogenated alkanes) is 2. The first-order valence-electron chi connectivity index (χ1n) is 10.6. The topological polar surface area (TPSA) is 0 Å². The minimum atomic E-state index is 1.11. The first kappa shape index (κ1) is 20.6. The van der Waals surface area contributed by atoms with E-state index in [2.05, 4.69) is 95.4 Å². The molecule has 0 aliphatic heterocycles. The van der Waals surface area contributed by atoms with Crippen molar-refractivity contribution >= 4 is 56.0 Å². The molecular weight excluding hydrogens is 566 g/mol. The van der Waals surface area contributed by atoms with Gasteiger partial charge < -0.3 is 0 Å². The Morgan fingerprint density at radius 2 is 1.14 bits per heavy atom. The van der Waals surface area contributed by atoms with Gasteiger partial charge in [-0.2, -0.15) is 0 Å². The van der Waals surface area contributed by atoms with Gasteiger partial charge in [-0.25, -0.2) is 0 Å². The van der Waals surface area contributed by atoms with Gasteiger partial charge in [0.2, 0.25) is 0 Å². The van der Waals surface area contributed by atoms with Crippen LogP contribution in [0, 0.1) is 7.14 Å². The second kappa shape index (κ2) is 9.03. The standard InChI is InChI=1S/C26H28I2/c1-3-5-11-19-21-13-17-9-7-8-10-18(17)14-22(21)20(12-6-4-2)24-16-26(28)25(27)15-23(19)24/h7-10,15-16H,3-6,11-14H2,1-2H3. The predicted molar refractivity (Wildman–Crippen MR) is 139 cm³/mol. The summed E-state index contributed by atoms with van der Waals surface area (Å²) in [6, 6.07) is 14.0. The summed E-state index contributed by atoms with van der Waals surface area (Å²) in [7, 11) is 0. The SMILES string of the molecule is CCCCc1c2c(c(CCCC)c3cc(I)c(I)cc13)Cc1ccccc1C2. The molecule has 28 heavy (non-hydrogen) atoms. The third-order valence-electron chi connectivity index (χ3n) is 6.22. The van der Waals surface area contributed by atoms with Crippen LogP contribution in [0.2, 0.25) is 0 Å². The van der Waals surface area contributed by atoms with Crippen molar-refractivity contribution < 1.29 is 0 Å². The van der Waals surface area contributed by atoms with E-state index in [1.165, 1.54) is 67.6 Å². The summed E-state index contributed by atoms with van der Waals surface area (Å²) < 4.78 is 2.78. The molecule has 0 atom stereocenters. The van der Waals surface area contributed by atoms with E-state index < -0.39 is 0 Å². The summed E-state index contributed by atoms with van der Waals surface area (Å²) in [6.45, 7) is 4.62. The largest absolute Gasteiger partial charge is 0.0654 e. The number of benzene rings is 3. The molecule has 0 amide bonds. The van der Waals surface area contributed by atoms with Crippen LogP contribution in [0.15, 0.2) is 36.4 Å². The quantitative estimate of drug-likeness (QED) is 0.198. The molecule has 0 nitrogen and oxygen atoms in total. The van der Waals surface area contributed by atoms with Crippen LogP contribution in [-0.4, -0.2) is 0 Å². The Balaban J connectivity index is 2.01. The molecule has 0 fully saturated rings. The smallest absolute Gasteiger partial charge is 0.0270 e. The second-order valence-corrected chi connectivity index (χ2v) is 10.4. The Labute approximate surface area is 196 Å². The van der Waals surface area contributed by atoms with Gasteiger partial charge >= 0.3 is 0 Å². The number of aryl methyl sites for hydroxylation is 2. The fourth-order valence-electron chi connectivity index (χ4n) is 4.72. The van der Waals surface area contributed by atoms with E-state index in [0.29, 0.717) is 0 Å². The molecule has 3 aromatic carbocycles. The molecule has 4 rings (SSSR count). The number of halogens is 2. The molecule has 0 saturated heterocycles. The molecule has 0 spiro atoms. The van der Waals surface area contributed by atoms with E-state index in [9.17, 15) is 0 Å². The van der Waals surface area contributed by atoms with E-state index in [-0.39, 0.29) is 0 Å². The lowest BCUT2D eigenvalue weighted by Crippen LogP contribution is -2.14. The maximum absolute atomic E-state index is 2.52. The van der Waals surface area contributed by atoms with Crippen LogP contribution in [0.3, 0.4) is 0 Å². The molecule has 0 heterocycles. The molecule has 0 saturated carbocycles. The lowest BCUT2D eigenvalue weighted by molar-refractivity contribution is 0.774. The Morgan fingerprint density at radius 3 is 1.54 bits per heavy atom. The van der Waals surface area contributed by atoms with Gasteiger partial charge in [0.05, 0.1) is 0 Å². The van der Waals surface area contributed by atoms with Gasteiger partial charge in [0.1, 0.15) is 0 Å². The number of hydrogen-bond acceptors (Lipinski definition) is 0. The van der Waals surface area contributed by atoms with Crippen molar-refractivity contribution in [2.75, 3.05) is 0 Å². The van der Waals surface area contributed by atoms with Crippen molar-refractivity contribution in [2.45, 2.75) is 65.2 Å². The third-order valence-corrected chi connectivity index (χ3v) is 9.03. The van der Waals surface area contributed by atoms with Gasteiger partial charge in [-0.15, -0.1) is 0 Å². The monoisotopic (exact) mass is 594 g/mol. The lowest BCUT2D eigenvalue weighted by Gasteiger charge is -2.28. The van der Waals surface area contributed by atoms with Gasteiger partial charge in [0.25, 0.3) is 0 Å².